The molecule has 0 unspecified atom stereocenters. The molecule has 0 bridgehead atoms. The van der Waals surface area contributed by atoms with Crippen molar-refractivity contribution in [2.75, 3.05) is 5.32 Å². The molecule has 0 radical (unpaired) electrons. The second-order valence-corrected chi connectivity index (χ2v) is 7.89. The third-order valence-electron chi connectivity index (χ3n) is 5.49. The predicted molar refractivity (Wildman–Crippen MR) is 130 cm³/mol. The Labute approximate surface area is 199 Å². The molecule has 0 saturated heterocycles. The molecule has 0 aliphatic rings. The van der Waals surface area contributed by atoms with Crippen molar-refractivity contribution in [3.05, 3.63) is 114 Å². The molecular weight excluding hydrogens is 451 g/mol. The Morgan fingerprint density at radius 1 is 0.657 bits per heavy atom. The van der Waals surface area contributed by atoms with Gasteiger partial charge in [-0.05, 0) is 42.5 Å². The van der Waals surface area contributed by atoms with Crippen LogP contribution in [0.4, 0.5) is 18.9 Å². The minimum atomic E-state index is -4.44. The fourth-order valence-electron chi connectivity index (χ4n) is 3.74. The van der Waals surface area contributed by atoms with Crippen LogP contribution in [0, 0.1) is 0 Å². The van der Waals surface area contributed by atoms with Crippen molar-refractivity contribution in [2.45, 2.75) is 6.18 Å². The normalized spacial score (nSPS) is 11.4. The lowest BCUT2D eigenvalue weighted by atomic mass is 10.0. The molecule has 5 aromatic rings. The fourth-order valence-corrected chi connectivity index (χ4v) is 3.74. The van der Waals surface area contributed by atoms with E-state index in [9.17, 15) is 18.0 Å². The summed E-state index contributed by atoms with van der Waals surface area (Å²) in [5.74, 6) is -0.457. The topological polar surface area (TPSA) is 54.9 Å². The summed E-state index contributed by atoms with van der Waals surface area (Å²) in [5.41, 5.74) is 4.18. The Morgan fingerprint density at radius 3 is 1.74 bits per heavy atom. The predicted octanol–water partition coefficient (Wildman–Crippen LogP) is 7.23. The lowest BCUT2D eigenvalue weighted by Gasteiger charge is -2.12. The number of carbonyl (C=O) groups excluding carboxylic acids is 1. The molecule has 5 rings (SSSR count). The third kappa shape index (κ3) is 4.75. The minimum Gasteiger partial charge on any atom is -0.322 e. The number of rotatable bonds is 4. The quantitative estimate of drug-likeness (QED) is 0.302. The summed E-state index contributed by atoms with van der Waals surface area (Å²) >= 11 is 0. The van der Waals surface area contributed by atoms with Crippen LogP contribution in [0.2, 0.25) is 0 Å². The van der Waals surface area contributed by atoms with Gasteiger partial charge in [0.05, 0.1) is 28.0 Å². The van der Waals surface area contributed by atoms with Gasteiger partial charge in [-0.2, -0.15) is 13.2 Å². The molecule has 7 heteroatoms. The highest BCUT2D eigenvalue weighted by molar-refractivity contribution is 6.06. The van der Waals surface area contributed by atoms with Crippen LogP contribution in [-0.4, -0.2) is 15.9 Å². The van der Waals surface area contributed by atoms with Crippen molar-refractivity contribution in [3.63, 3.8) is 0 Å². The molecule has 4 aromatic carbocycles. The Hall–Kier alpha value is -4.52. The van der Waals surface area contributed by atoms with E-state index >= 15 is 0 Å². The summed E-state index contributed by atoms with van der Waals surface area (Å²) in [7, 11) is 0. The van der Waals surface area contributed by atoms with Crippen LogP contribution in [-0.2, 0) is 6.18 Å². The summed E-state index contributed by atoms with van der Waals surface area (Å²) in [6.45, 7) is 0. The summed E-state index contributed by atoms with van der Waals surface area (Å²) < 4.78 is 38.4. The summed E-state index contributed by atoms with van der Waals surface area (Å²) in [6, 6.07) is 28.7. The lowest BCUT2D eigenvalue weighted by molar-refractivity contribution is -0.137. The molecule has 0 aliphatic carbocycles. The van der Waals surface area contributed by atoms with Crippen LogP contribution < -0.4 is 5.32 Å². The number of hydrogen-bond acceptors (Lipinski definition) is 3. The van der Waals surface area contributed by atoms with Crippen molar-refractivity contribution in [3.8, 4) is 22.5 Å². The van der Waals surface area contributed by atoms with Crippen molar-refractivity contribution in [1.82, 2.24) is 9.97 Å². The number of carbonyl (C=O) groups is 1. The second-order valence-electron chi connectivity index (χ2n) is 7.89. The largest absolute Gasteiger partial charge is 0.416 e. The van der Waals surface area contributed by atoms with Gasteiger partial charge in [0.15, 0.2) is 0 Å². The molecular formula is C28H18F3N3O. The molecule has 0 fully saturated rings. The van der Waals surface area contributed by atoms with Gasteiger partial charge in [0.1, 0.15) is 0 Å². The maximum Gasteiger partial charge on any atom is 0.416 e. The van der Waals surface area contributed by atoms with Crippen LogP contribution in [0.5, 0.6) is 0 Å². The molecule has 0 saturated carbocycles. The molecule has 4 nitrogen and oxygen atoms in total. The molecule has 35 heavy (non-hydrogen) atoms. The van der Waals surface area contributed by atoms with E-state index < -0.39 is 17.6 Å². The van der Waals surface area contributed by atoms with Gasteiger partial charge < -0.3 is 5.32 Å². The molecule has 1 heterocycles. The molecule has 1 aromatic heterocycles. The highest BCUT2D eigenvalue weighted by atomic mass is 19.4. The van der Waals surface area contributed by atoms with E-state index in [1.165, 1.54) is 12.1 Å². The van der Waals surface area contributed by atoms with E-state index in [1.807, 2.05) is 60.7 Å². The number of amides is 1. The number of hydrogen-bond donors (Lipinski definition) is 1. The van der Waals surface area contributed by atoms with E-state index in [-0.39, 0.29) is 5.69 Å². The molecule has 0 aliphatic heterocycles. The number of fused-ring (bicyclic) bond motifs is 1. The van der Waals surface area contributed by atoms with E-state index in [4.69, 9.17) is 9.97 Å². The second kappa shape index (κ2) is 9.02. The average molecular weight is 469 g/mol. The van der Waals surface area contributed by atoms with Gasteiger partial charge in [-0.1, -0.05) is 60.7 Å². The number of nitrogens with zero attached hydrogens (tertiary/aromatic N) is 2. The smallest absolute Gasteiger partial charge is 0.322 e. The van der Waals surface area contributed by atoms with Gasteiger partial charge in [0, 0.05) is 22.4 Å². The van der Waals surface area contributed by atoms with E-state index in [0.29, 0.717) is 22.3 Å². The highest BCUT2D eigenvalue weighted by Crippen LogP contribution is 2.32. The van der Waals surface area contributed by atoms with Gasteiger partial charge in [-0.3, -0.25) is 4.79 Å². The Morgan fingerprint density at radius 2 is 1.20 bits per heavy atom. The Bertz CT molecular complexity index is 1500. The SMILES string of the molecule is O=C(Nc1ccc(C(F)(F)F)cc1)c1ccc2nc(-c3ccccc3)c(-c3ccccc3)nc2c1. The summed E-state index contributed by atoms with van der Waals surface area (Å²) in [4.78, 5) is 22.5. The first-order valence-corrected chi connectivity index (χ1v) is 10.8. The minimum absolute atomic E-state index is 0.263. The summed E-state index contributed by atoms with van der Waals surface area (Å²) in [5, 5.41) is 2.63. The number of halogens is 3. The number of nitrogens with one attached hydrogen (secondary N) is 1. The van der Waals surface area contributed by atoms with Gasteiger partial charge in [-0.25, -0.2) is 9.97 Å². The first-order valence-electron chi connectivity index (χ1n) is 10.8. The zero-order valence-corrected chi connectivity index (χ0v) is 18.3. The molecule has 1 amide bonds. The first-order chi connectivity index (χ1) is 16.9. The van der Waals surface area contributed by atoms with Crippen LogP contribution in [0.1, 0.15) is 15.9 Å². The van der Waals surface area contributed by atoms with E-state index in [2.05, 4.69) is 5.32 Å². The number of aromatic nitrogens is 2. The molecule has 172 valence electrons. The van der Waals surface area contributed by atoms with Crippen molar-refractivity contribution < 1.29 is 18.0 Å². The first kappa shape index (κ1) is 22.3. The number of benzene rings is 4. The van der Waals surface area contributed by atoms with Crippen LogP contribution in [0.25, 0.3) is 33.5 Å². The Balaban J connectivity index is 1.51. The van der Waals surface area contributed by atoms with Gasteiger partial charge in [-0.15, -0.1) is 0 Å². The van der Waals surface area contributed by atoms with E-state index in [1.54, 1.807) is 18.2 Å². The maximum absolute atomic E-state index is 12.8. The lowest BCUT2D eigenvalue weighted by Crippen LogP contribution is -2.12. The molecule has 1 N–H and O–H groups in total. The average Bonchev–Trinajstić information content (AvgIpc) is 2.88. The van der Waals surface area contributed by atoms with Crippen molar-refractivity contribution >= 4 is 22.6 Å². The zero-order valence-electron chi connectivity index (χ0n) is 18.3. The van der Waals surface area contributed by atoms with E-state index in [0.717, 1.165) is 29.0 Å². The molecule has 0 atom stereocenters. The van der Waals surface area contributed by atoms with Crippen LogP contribution in [0.15, 0.2) is 103 Å². The Kier molecular flexibility index (Phi) is 5.74. The van der Waals surface area contributed by atoms with Crippen molar-refractivity contribution in [1.29, 1.82) is 0 Å². The van der Waals surface area contributed by atoms with Crippen LogP contribution >= 0.6 is 0 Å². The summed E-state index contributed by atoms with van der Waals surface area (Å²) in [6.07, 6.45) is -4.44. The standard InChI is InChI=1S/C28H18F3N3O/c29-28(30,31)21-12-14-22(15-13-21)32-27(35)20-11-16-23-24(17-20)34-26(19-9-5-2-6-10-19)25(33-23)18-7-3-1-4-8-18/h1-17H,(H,32,35). The molecule has 0 spiro atoms. The monoisotopic (exact) mass is 469 g/mol. The van der Waals surface area contributed by atoms with Crippen molar-refractivity contribution in [2.24, 2.45) is 0 Å². The van der Waals surface area contributed by atoms with Gasteiger partial charge in [0.25, 0.3) is 5.91 Å². The third-order valence-corrected chi connectivity index (χ3v) is 5.49. The maximum atomic E-state index is 12.8. The zero-order chi connectivity index (χ0) is 24.4. The van der Waals surface area contributed by atoms with Gasteiger partial charge >= 0.3 is 6.18 Å². The fraction of sp³-hybridized carbons (Fsp3) is 0.0357. The number of anilines is 1. The van der Waals surface area contributed by atoms with Crippen LogP contribution in [0.3, 0.4) is 0 Å². The number of alkyl halides is 3. The highest BCUT2D eigenvalue weighted by Gasteiger charge is 2.30. The van der Waals surface area contributed by atoms with Gasteiger partial charge in [0.2, 0.25) is 0 Å².